The molecule has 9 heteroatoms. The highest BCUT2D eigenvalue weighted by molar-refractivity contribution is 6.30. The Morgan fingerprint density at radius 1 is 1.17 bits per heavy atom. The minimum absolute atomic E-state index is 0.141. The highest BCUT2D eigenvalue weighted by atomic mass is 35.5. The average Bonchev–Trinajstić information content (AvgIpc) is 3.18. The molecule has 188 valence electrons. The number of fused-ring (bicyclic) bond motifs is 1. The van der Waals surface area contributed by atoms with Gasteiger partial charge in [-0.15, -0.1) is 0 Å². The fourth-order valence-corrected chi connectivity index (χ4v) is 5.66. The number of anilines is 1. The van der Waals surface area contributed by atoms with Crippen LogP contribution in [0.5, 0.6) is 0 Å². The molecule has 8 nitrogen and oxygen atoms in total. The first-order valence-electron chi connectivity index (χ1n) is 12.6. The molecular formula is C26H34ClN5O3. The number of hydrogen-bond acceptors (Lipinski definition) is 7. The molecule has 1 unspecified atom stereocenters. The van der Waals surface area contributed by atoms with Gasteiger partial charge in [0.1, 0.15) is 12.1 Å². The van der Waals surface area contributed by atoms with E-state index >= 15 is 0 Å². The molecule has 35 heavy (non-hydrogen) atoms. The van der Waals surface area contributed by atoms with Gasteiger partial charge >= 0.3 is 0 Å². The molecule has 2 fully saturated rings. The Hall–Kier alpha value is -2.26. The Morgan fingerprint density at radius 3 is 2.60 bits per heavy atom. The number of nitrogens with zero attached hydrogens (tertiary/aromatic N) is 4. The van der Waals surface area contributed by atoms with E-state index in [1.807, 2.05) is 29.2 Å². The van der Waals surface area contributed by atoms with Crippen molar-refractivity contribution in [2.24, 2.45) is 0 Å². The van der Waals surface area contributed by atoms with E-state index in [0.29, 0.717) is 44.0 Å². The predicted molar refractivity (Wildman–Crippen MR) is 135 cm³/mol. The zero-order chi connectivity index (χ0) is 24.4. The van der Waals surface area contributed by atoms with Crippen LogP contribution in [0, 0.1) is 0 Å². The van der Waals surface area contributed by atoms with Crippen molar-refractivity contribution in [1.82, 2.24) is 20.2 Å². The molecule has 0 spiro atoms. The van der Waals surface area contributed by atoms with Gasteiger partial charge in [-0.25, -0.2) is 9.97 Å². The van der Waals surface area contributed by atoms with Crippen LogP contribution in [0.2, 0.25) is 5.02 Å². The van der Waals surface area contributed by atoms with Crippen molar-refractivity contribution in [2.45, 2.75) is 56.7 Å². The number of amides is 1. The van der Waals surface area contributed by atoms with Crippen LogP contribution in [0.15, 0.2) is 30.6 Å². The highest BCUT2D eigenvalue weighted by Crippen LogP contribution is 2.42. The molecule has 1 amide bonds. The SMILES string of the molecule is C[C@@H]1C[C@@H](O)c2ncnc(N3CCN(C(=O)C(Cc4ccc(Cl)cc4)NC4CCOCC4)CC3)c21. The van der Waals surface area contributed by atoms with Gasteiger partial charge in [0.05, 0.1) is 17.8 Å². The molecule has 2 N–H and O–H groups in total. The van der Waals surface area contributed by atoms with Crippen LogP contribution in [0.4, 0.5) is 5.82 Å². The molecule has 2 aromatic rings. The number of ether oxygens (including phenoxy) is 1. The van der Waals surface area contributed by atoms with Gasteiger partial charge in [-0.2, -0.15) is 0 Å². The predicted octanol–water partition coefficient (Wildman–Crippen LogP) is 2.70. The van der Waals surface area contributed by atoms with Crippen LogP contribution in [0.3, 0.4) is 0 Å². The first-order valence-corrected chi connectivity index (χ1v) is 13.0. The number of aliphatic hydroxyl groups is 1. The molecule has 1 aromatic heterocycles. The van der Waals surface area contributed by atoms with Crippen LogP contribution in [0.25, 0.3) is 0 Å². The Labute approximate surface area is 211 Å². The number of rotatable bonds is 6. The normalized spacial score (nSPS) is 23.9. The zero-order valence-electron chi connectivity index (χ0n) is 20.2. The summed E-state index contributed by atoms with van der Waals surface area (Å²) in [5.41, 5.74) is 2.90. The summed E-state index contributed by atoms with van der Waals surface area (Å²) in [6, 6.07) is 7.75. The largest absolute Gasteiger partial charge is 0.387 e. The van der Waals surface area contributed by atoms with Gasteiger partial charge in [-0.1, -0.05) is 30.7 Å². The monoisotopic (exact) mass is 499 g/mol. The number of nitrogens with one attached hydrogen (secondary N) is 1. The topological polar surface area (TPSA) is 90.8 Å². The third-order valence-corrected chi connectivity index (χ3v) is 7.73. The van der Waals surface area contributed by atoms with Crippen molar-refractivity contribution < 1.29 is 14.6 Å². The number of carbonyl (C=O) groups is 1. The Balaban J connectivity index is 1.27. The Bertz CT molecular complexity index is 1020. The number of piperazine rings is 1. The summed E-state index contributed by atoms with van der Waals surface area (Å²) < 4.78 is 5.51. The Morgan fingerprint density at radius 2 is 1.89 bits per heavy atom. The van der Waals surface area contributed by atoms with E-state index in [4.69, 9.17) is 16.3 Å². The zero-order valence-corrected chi connectivity index (χ0v) is 21.0. The minimum atomic E-state index is -0.519. The average molecular weight is 500 g/mol. The van der Waals surface area contributed by atoms with Crippen molar-refractivity contribution in [3.05, 3.63) is 52.4 Å². The lowest BCUT2D eigenvalue weighted by molar-refractivity contribution is -0.134. The molecule has 0 saturated carbocycles. The number of benzene rings is 1. The van der Waals surface area contributed by atoms with Crippen molar-refractivity contribution in [3.8, 4) is 0 Å². The van der Waals surface area contributed by atoms with Crippen molar-refractivity contribution in [3.63, 3.8) is 0 Å². The number of hydrogen-bond donors (Lipinski definition) is 2. The third kappa shape index (κ3) is 5.45. The summed E-state index contributed by atoms with van der Waals surface area (Å²) in [5, 5.41) is 14.7. The Kier molecular flexibility index (Phi) is 7.53. The highest BCUT2D eigenvalue weighted by Gasteiger charge is 2.35. The van der Waals surface area contributed by atoms with Gasteiger partial charge in [-0.05, 0) is 49.3 Å². The maximum Gasteiger partial charge on any atom is 0.240 e. The van der Waals surface area contributed by atoms with Gasteiger partial charge in [0.25, 0.3) is 0 Å². The summed E-state index contributed by atoms with van der Waals surface area (Å²) in [5.74, 6) is 1.27. The lowest BCUT2D eigenvalue weighted by Gasteiger charge is -2.38. The number of aliphatic hydroxyl groups excluding tert-OH is 1. The summed E-state index contributed by atoms with van der Waals surface area (Å²) >= 11 is 6.07. The second kappa shape index (κ2) is 10.8. The second-order valence-electron chi connectivity index (χ2n) is 9.90. The molecule has 0 radical (unpaired) electrons. The summed E-state index contributed by atoms with van der Waals surface area (Å²) in [6.45, 7) is 6.28. The fraction of sp³-hybridized carbons (Fsp3) is 0.577. The second-order valence-corrected chi connectivity index (χ2v) is 10.3. The first kappa shape index (κ1) is 24.4. The lowest BCUT2D eigenvalue weighted by atomic mass is 10.0. The van der Waals surface area contributed by atoms with Crippen molar-refractivity contribution >= 4 is 23.3 Å². The molecule has 3 aliphatic rings. The number of carbonyl (C=O) groups excluding carboxylic acids is 1. The molecule has 2 aliphatic heterocycles. The van der Waals surface area contributed by atoms with Crippen LogP contribution in [0.1, 0.15) is 55.0 Å². The van der Waals surface area contributed by atoms with Gasteiger partial charge in [-0.3, -0.25) is 4.79 Å². The maximum atomic E-state index is 13.7. The van der Waals surface area contributed by atoms with Crippen LogP contribution >= 0.6 is 11.6 Å². The molecule has 3 atom stereocenters. The molecule has 2 saturated heterocycles. The summed E-state index contributed by atoms with van der Waals surface area (Å²) in [4.78, 5) is 26.8. The number of aromatic nitrogens is 2. The van der Waals surface area contributed by atoms with Gasteiger partial charge in [0, 0.05) is 56.0 Å². The molecule has 1 aliphatic carbocycles. The number of halogens is 1. The van der Waals surface area contributed by atoms with Crippen LogP contribution < -0.4 is 10.2 Å². The van der Waals surface area contributed by atoms with Crippen molar-refractivity contribution in [1.29, 1.82) is 0 Å². The van der Waals surface area contributed by atoms with E-state index in [-0.39, 0.29) is 23.9 Å². The lowest BCUT2D eigenvalue weighted by Crippen LogP contribution is -2.57. The van der Waals surface area contributed by atoms with Crippen molar-refractivity contribution in [2.75, 3.05) is 44.3 Å². The van der Waals surface area contributed by atoms with E-state index in [1.165, 1.54) is 0 Å². The van der Waals surface area contributed by atoms with E-state index in [9.17, 15) is 9.90 Å². The van der Waals surface area contributed by atoms with E-state index in [2.05, 4.69) is 27.1 Å². The van der Waals surface area contributed by atoms with Crippen LogP contribution in [-0.2, 0) is 16.0 Å². The maximum absolute atomic E-state index is 13.7. The molecular weight excluding hydrogens is 466 g/mol. The van der Waals surface area contributed by atoms with Gasteiger partial charge in [0.15, 0.2) is 0 Å². The van der Waals surface area contributed by atoms with E-state index in [1.54, 1.807) is 6.33 Å². The fourth-order valence-electron chi connectivity index (χ4n) is 5.54. The summed E-state index contributed by atoms with van der Waals surface area (Å²) in [7, 11) is 0. The molecule has 5 rings (SSSR count). The first-order chi connectivity index (χ1) is 17.0. The molecule has 0 bridgehead atoms. The quantitative estimate of drug-likeness (QED) is 0.631. The molecule has 3 heterocycles. The van der Waals surface area contributed by atoms with Crippen LogP contribution in [-0.4, -0.2) is 77.4 Å². The third-order valence-electron chi connectivity index (χ3n) is 7.48. The van der Waals surface area contributed by atoms with E-state index < -0.39 is 6.10 Å². The van der Waals surface area contributed by atoms with Gasteiger partial charge < -0.3 is 25.0 Å². The van der Waals surface area contributed by atoms with E-state index in [0.717, 1.165) is 48.7 Å². The van der Waals surface area contributed by atoms with Gasteiger partial charge in [0.2, 0.25) is 5.91 Å². The standard InChI is InChI=1S/C26H34ClN5O3/c1-17-14-22(33)24-23(17)25(29-16-28-24)31-8-10-32(11-9-31)26(34)21(30-20-6-12-35-13-7-20)15-18-2-4-19(27)5-3-18/h2-5,16-17,20-22,30,33H,6-15H2,1H3/t17-,21?,22-/m1/s1. The smallest absolute Gasteiger partial charge is 0.240 e. The molecule has 1 aromatic carbocycles. The minimum Gasteiger partial charge on any atom is -0.387 e. The summed E-state index contributed by atoms with van der Waals surface area (Å²) in [6.07, 6.45) is 4.18.